The number of rotatable bonds is 5. The molecule has 0 heterocycles. The van der Waals surface area contributed by atoms with Crippen LogP contribution in [0.2, 0.25) is 5.02 Å². The van der Waals surface area contributed by atoms with Crippen molar-refractivity contribution in [1.82, 2.24) is 0 Å². The number of aryl methyl sites for hydroxylation is 1. The van der Waals surface area contributed by atoms with E-state index in [1.165, 1.54) is 18.2 Å². The van der Waals surface area contributed by atoms with Gasteiger partial charge in [0, 0.05) is 5.02 Å². The van der Waals surface area contributed by atoms with Crippen LogP contribution >= 0.6 is 11.6 Å². The van der Waals surface area contributed by atoms with Gasteiger partial charge in [-0.3, -0.25) is 4.79 Å². The molecule has 0 saturated heterocycles. The Kier molecular flexibility index (Phi) is 4.97. The van der Waals surface area contributed by atoms with Gasteiger partial charge in [0.1, 0.15) is 5.82 Å². The molecular formula is C17H16ClFO2. The molecule has 1 atom stereocenters. The van der Waals surface area contributed by atoms with Crippen LogP contribution in [0.15, 0.2) is 42.5 Å². The highest BCUT2D eigenvalue weighted by atomic mass is 35.5. The van der Waals surface area contributed by atoms with Crippen molar-refractivity contribution in [3.05, 3.63) is 70.0 Å². The van der Waals surface area contributed by atoms with Gasteiger partial charge in [-0.25, -0.2) is 4.39 Å². The molecule has 0 aliphatic heterocycles. The Morgan fingerprint density at radius 1 is 1.24 bits per heavy atom. The predicted molar refractivity (Wildman–Crippen MR) is 81.1 cm³/mol. The summed E-state index contributed by atoms with van der Waals surface area (Å²) in [6, 6.07) is 11.9. The van der Waals surface area contributed by atoms with Crippen LogP contribution in [0.25, 0.3) is 0 Å². The largest absolute Gasteiger partial charge is 0.481 e. The molecule has 4 heteroatoms. The molecule has 1 N–H and O–H groups in total. The number of hydrogen-bond donors (Lipinski definition) is 1. The van der Waals surface area contributed by atoms with Gasteiger partial charge < -0.3 is 5.11 Å². The lowest BCUT2D eigenvalue weighted by Gasteiger charge is -2.14. The first kappa shape index (κ1) is 15.5. The Hall–Kier alpha value is -1.87. The van der Waals surface area contributed by atoms with Gasteiger partial charge in [-0.15, -0.1) is 0 Å². The average Bonchev–Trinajstić information content (AvgIpc) is 2.42. The van der Waals surface area contributed by atoms with Crippen molar-refractivity contribution in [2.75, 3.05) is 0 Å². The number of carboxylic acid groups (broad SMARTS) is 1. The lowest BCUT2D eigenvalue weighted by atomic mass is 9.92. The highest BCUT2D eigenvalue weighted by Crippen LogP contribution is 2.21. The predicted octanol–water partition coefficient (Wildman–Crippen LogP) is 4.27. The smallest absolute Gasteiger partial charge is 0.307 e. The van der Waals surface area contributed by atoms with Crippen molar-refractivity contribution in [2.24, 2.45) is 5.92 Å². The van der Waals surface area contributed by atoms with Gasteiger partial charge in [0.05, 0.1) is 5.92 Å². The summed E-state index contributed by atoms with van der Waals surface area (Å²) in [6.45, 7) is 1.95. The van der Waals surface area contributed by atoms with Gasteiger partial charge >= 0.3 is 5.97 Å². The van der Waals surface area contributed by atoms with Crippen LogP contribution < -0.4 is 0 Å². The third kappa shape index (κ3) is 4.30. The molecule has 2 aromatic rings. The highest BCUT2D eigenvalue weighted by molar-refractivity contribution is 6.30. The van der Waals surface area contributed by atoms with E-state index in [1.807, 2.05) is 31.2 Å². The lowest BCUT2D eigenvalue weighted by molar-refractivity contribution is -0.141. The number of aliphatic carboxylic acids is 1. The Bertz CT molecular complexity index is 655. The highest BCUT2D eigenvalue weighted by Gasteiger charge is 2.20. The summed E-state index contributed by atoms with van der Waals surface area (Å²) >= 11 is 5.85. The molecule has 0 fully saturated rings. The zero-order chi connectivity index (χ0) is 15.4. The molecule has 2 rings (SSSR count). The maximum absolute atomic E-state index is 13.7. The summed E-state index contributed by atoms with van der Waals surface area (Å²) < 4.78 is 13.7. The van der Waals surface area contributed by atoms with E-state index in [-0.39, 0.29) is 6.42 Å². The fourth-order valence-corrected chi connectivity index (χ4v) is 2.53. The zero-order valence-corrected chi connectivity index (χ0v) is 12.4. The van der Waals surface area contributed by atoms with E-state index in [0.29, 0.717) is 17.0 Å². The summed E-state index contributed by atoms with van der Waals surface area (Å²) in [5.41, 5.74) is 2.35. The SMILES string of the molecule is Cc1cccc(CC(Cc2cc(Cl)ccc2F)C(=O)O)c1. The molecule has 0 aliphatic carbocycles. The molecular weight excluding hydrogens is 291 g/mol. The van der Waals surface area contributed by atoms with Gasteiger partial charge in [0.25, 0.3) is 0 Å². The van der Waals surface area contributed by atoms with E-state index in [2.05, 4.69) is 0 Å². The molecule has 0 aromatic heterocycles. The monoisotopic (exact) mass is 306 g/mol. The maximum Gasteiger partial charge on any atom is 0.307 e. The van der Waals surface area contributed by atoms with Crippen LogP contribution in [0.1, 0.15) is 16.7 Å². The van der Waals surface area contributed by atoms with Crippen LogP contribution in [-0.2, 0) is 17.6 Å². The van der Waals surface area contributed by atoms with Crippen LogP contribution in [0.5, 0.6) is 0 Å². The average molecular weight is 307 g/mol. The van der Waals surface area contributed by atoms with Gasteiger partial charge in [-0.2, -0.15) is 0 Å². The van der Waals surface area contributed by atoms with Gasteiger partial charge in [0.2, 0.25) is 0 Å². The van der Waals surface area contributed by atoms with Crippen LogP contribution in [0.3, 0.4) is 0 Å². The second-order valence-electron chi connectivity index (χ2n) is 5.17. The normalized spacial score (nSPS) is 12.1. The van der Waals surface area contributed by atoms with Crippen molar-refractivity contribution < 1.29 is 14.3 Å². The molecule has 110 valence electrons. The van der Waals surface area contributed by atoms with E-state index in [1.54, 1.807) is 0 Å². The third-order valence-electron chi connectivity index (χ3n) is 3.39. The quantitative estimate of drug-likeness (QED) is 0.895. The van der Waals surface area contributed by atoms with Crippen molar-refractivity contribution in [3.8, 4) is 0 Å². The van der Waals surface area contributed by atoms with Gasteiger partial charge in [0.15, 0.2) is 0 Å². The van der Waals surface area contributed by atoms with Crippen LogP contribution in [0, 0.1) is 18.7 Å². The maximum atomic E-state index is 13.7. The third-order valence-corrected chi connectivity index (χ3v) is 3.62. The molecule has 21 heavy (non-hydrogen) atoms. The van der Waals surface area contributed by atoms with Crippen LogP contribution in [-0.4, -0.2) is 11.1 Å². The minimum atomic E-state index is -0.934. The van der Waals surface area contributed by atoms with E-state index in [0.717, 1.165) is 11.1 Å². The standard InChI is InChI=1S/C17H16ClFO2/c1-11-3-2-4-12(7-11)8-14(17(20)21)9-13-10-15(18)5-6-16(13)19/h2-7,10,14H,8-9H2,1H3,(H,20,21). The number of benzene rings is 2. The first-order valence-corrected chi connectivity index (χ1v) is 7.06. The molecule has 1 unspecified atom stereocenters. The number of hydrogen-bond acceptors (Lipinski definition) is 1. The van der Waals surface area contributed by atoms with Gasteiger partial charge in [-0.05, 0) is 49.1 Å². The lowest BCUT2D eigenvalue weighted by Crippen LogP contribution is -2.19. The van der Waals surface area contributed by atoms with Crippen molar-refractivity contribution in [3.63, 3.8) is 0 Å². The molecule has 2 nitrogen and oxygen atoms in total. The second kappa shape index (κ2) is 6.72. The summed E-state index contributed by atoms with van der Waals surface area (Å²) in [5.74, 6) is -2.04. The number of carbonyl (C=O) groups is 1. The summed E-state index contributed by atoms with van der Waals surface area (Å²) in [4.78, 5) is 11.4. The van der Waals surface area contributed by atoms with Gasteiger partial charge in [-0.1, -0.05) is 41.4 Å². The molecule has 0 saturated carbocycles. The first-order valence-electron chi connectivity index (χ1n) is 6.68. The van der Waals surface area contributed by atoms with E-state index < -0.39 is 17.7 Å². The minimum Gasteiger partial charge on any atom is -0.481 e. The fraction of sp³-hybridized carbons (Fsp3) is 0.235. The summed E-state index contributed by atoms with van der Waals surface area (Å²) in [7, 11) is 0. The van der Waals surface area contributed by atoms with Crippen molar-refractivity contribution in [1.29, 1.82) is 0 Å². The Labute approximate surface area is 128 Å². The summed E-state index contributed by atoms with van der Waals surface area (Å²) in [6.07, 6.45) is 0.485. The zero-order valence-electron chi connectivity index (χ0n) is 11.6. The first-order chi connectivity index (χ1) is 9.95. The van der Waals surface area contributed by atoms with Crippen LogP contribution in [0.4, 0.5) is 4.39 Å². The summed E-state index contributed by atoms with van der Waals surface area (Å²) in [5, 5.41) is 9.78. The number of halogens is 2. The fourth-order valence-electron chi connectivity index (χ4n) is 2.34. The Balaban J connectivity index is 2.20. The number of carboxylic acids is 1. The van der Waals surface area contributed by atoms with Crippen molar-refractivity contribution >= 4 is 17.6 Å². The topological polar surface area (TPSA) is 37.3 Å². The molecule has 0 bridgehead atoms. The van der Waals surface area contributed by atoms with E-state index in [4.69, 9.17) is 11.6 Å². The van der Waals surface area contributed by atoms with E-state index >= 15 is 0 Å². The Morgan fingerprint density at radius 2 is 2.00 bits per heavy atom. The molecule has 0 aliphatic rings. The molecule has 2 aromatic carbocycles. The molecule has 0 amide bonds. The molecule has 0 radical (unpaired) electrons. The minimum absolute atomic E-state index is 0.121. The van der Waals surface area contributed by atoms with Crippen molar-refractivity contribution in [2.45, 2.75) is 19.8 Å². The Morgan fingerprint density at radius 3 is 2.67 bits per heavy atom. The molecule has 0 spiro atoms. The van der Waals surface area contributed by atoms with E-state index in [9.17, 15) is 14.3 Å². The second-order valence-corrected chi connectivity index (χ2v) is 5.60.